The Morgan fingerprint density at radius 1 is 1.36 bits per heavy atom. The fourth-order valence-electron chi connectivity index (χ4n) is 1.60. The summed E-state index contributed by atoms with van der Waals surface area (Å²) in [5, 5.41) is 0. The lowest BCUT2D eigenvalue weighted by atomic mass is 9.86. The van der Waals surface area contributed by atoms with Gasteiger partial charge in [0.15, 0.2) is 0 Å². The van der Waals surface area contributed by atoms with Gasteiger partial charge in [0.25, 0.3) is 0 Å². The second-order valence-corrected chi connectivity index (χ2v) is 4.44. The molecule has 11 heavy (non-hydrogen) atoms. The van der Waals surface area contributed by atoms with Crippen LogP contribution in [-0.4, -0.2) is 37.7 Å². The Kier molecular flexibility index (Phi) is 2.55. The topological polar surface area (TPSA) is 12.5 Å². The zero-order valence-electron chi connectivity index (χ0n) is 8.05. The van der Waals surface area contributed by atoms with Gasteiger partial charge in [0.2, 0.25) is 0 Å². The molecular formula is C9H19NO. The first-order valence-electron chi connectivity index (χ1n) is 4.30. The highest BCUT2D eigenvalue weighted by molar-refractivity contribution is 4.83. The highest BCUT2D eigenvalue weighted by atomic mass is 16.5. The van der Waals surface area contributed by atoms with E-state index in [9.17, 15) is 0 Å². The molecule has 0 aromatic carbocycles. The Balaban J connectivity index is 2.55. The molecule has 0 spiro atoms. The van der Waals surface area contributed by atoms with Crippen LogP contribution in [0.1, 0.15) is 20.8 Å². The van der Waals surface area contributed by atoms with Gasteiger partial charge in [-0.25, -0.2) is 0 Å². The minimum atomic E-state index is 0.342. The maximum Gasteiger partial charge on any atom is 0.0627 e. The monoisotopic (exact) mass is 157 g/mol. The summed E-state index contributed by atoms with van der Waals surface area (Å²) < 4.78 is 5.44. The minimum absolute atomic E-state index is 0.342. The summed E-state index contributed by atoms with van der Waals surface area (Å²) in [7, 11) is 2.18. The van der Waals surface area contributed by atoms with Gasteiger partial charge in [-0.1, -0.05) is 20.8 Å². The lowest BCUT2D eigenvalue weighted by Crippen LogP contribution is -2.49. The van der Waals surface area contributed by atoms with E-state index >= 15 is 0 Å². The Hall–Kier alpha value is -0.0800. The molecule has 0 saturated carbocycles. The Morgan fingerprint density at radius 2 is 2.00 bits per heavy atom. The van der Waals surface area contributed by atoms with E-state index in [2.05, 4.69) is 32.7 Å². The molecule has 0 N–H and O–H groups in total. The highest BCUT2D eigenvalue weighted by Crippen LogP contribution is 2.25. The smallest absolute Gasteiger partial charge is 0.0627 e. The first-order chi connectivity index (χ1) is 5.02. The average Bonchev–Trinajstić information content (AvgIpc) is 1.86. The van der Waals surface area contributed by atoms with Crippen LogP contribution in [-0.2, 0) is 4.74 Å². The number of hydrogen-bond acceptors (Lipinski definition) is 2. The summed E-state index contributed by atoms with van der Waals surface area (Å²) in [4.78, 5) is 2.39. The van der Waals surface area contributed by atoms with E-state index in [4.69, 9.17) is 4.74 Å². The third-order valence-electron chi connectivity index (χ3n) is 2.40. The summed E-state index contributed by atoms with van der Waals surface area (Å²) in [5.74, 6) is 0. The van der Waals surface area contributed by atoms with Crippen molar-refractivity contribution in [3.8, 4) is 0 Å². The van der Waals surface area contributed by atoms with Gasteiger partial charge in [-0.3, -0.25) is 4.90 Å². The van der Waals surface area contributed by atoms with Crippen LogP contribution in [0.25, 0.3) is 0 Å². The molecule has 1 heterocycles. The Labute approximate surface area is 69.5 Å². The van der Waals surface area contributed by atoms with Gasteiger partial charge < -0.3 is 4.74 Å². The third kappa shape index (κ3) is 2.17. The molecule has 0 bridgehead atoms. The second-order valence-electron chi connectivity index (χ2n) is 4.44. The van der Waals surface area contributed by atoms with Gasteiger partial charge in [0.1, 0.15) is 0 Å². The molecule has 1 fully saturated rings. The number of rotatable bonds is 0. The van der Waals surface area contributed by atoms with Crippen molar-refractivity contribution in [2.24, 2.45) is 5.41 Å². The van der Waals surface area contributed by atoms with E-state index in [0.29, 0.717) is 11.5 Å². The van der Waals surface area contributed by atoms with E-state index in [1.807, 2.05) is 0 Å². The van der Waals surface area contributed by atoms with Crippen LogP contribution in [0.2, 0.25) is 0 Å². The summed E-state index contributed by atoms with van der Waals surface area (Å²) >= 11 is 0. The lowest BCUT2D eigenvalue weighted by molar-refractivity contribution is -0.0353. The lowest BCUT2D eigenvalue weighted by Gasteiger charge is -2.40. The first kappa shape index (κ1) is 9.01. The van der Waals surface area contributed by atoms with Crippen molar-refractivity contribution in [1.29, 1.82) is 0 Å². The number of likely N-dealkylation sites (N-methyl/N-ethyl adjacent to an activating group) is 1. The fraction of sp³-hybridized carbons (Fsp3) is 1.00. The molecule has 2 heteroatoms. The van der Waals surface area contributed by atoms with E-state index in [-0.39, 0.29) is 0 Å². The van der Waals surface area contributed by atoms with Gasteiger partial charge in [-0.05, 0) is 12.5 Å². The SMILES string of the molecule is CN1CCOCC1C(C)(C)C. The van der Waals surface area contributed by atoms with Crippen LogP contribution >= 0.6 is 0 Å². The molecule has 0 aliphatic carbocycles. The Morgan fingerprint density at radius 3 is 2.36 bits per heavy atom. The quantitative estimate of drug-likeness (QED) is 0.526. The maximum absolute atomic E-state index is 5.44. The first-order valence-corrected chi connectivity index (χ1v) is 4.30. The number of nitrogens with zero attached hydrogens (tertiary/aromatic N) is 1. The average molecular weight is 157 g/mol. The molecule has 1 aliphatic heterocycles. The molecule has 1 unspecified atom stereocenters. The number of hydrogen-bond donors (Lipinski definition) is 0. The van der Waals surface area contributed by atoms with E-state index < -0.39 is 0 Å². The Bertz CT molecular complexity index is 128. The minimum Gasteiger partial charge on any atom is -0.378 e. The molecule has 0 amide bonds. The molecule has 1 aliphatic rings. The molecule has 0 aromatic heterocycles. The van der Waals surface area contributed by atoms with Crippen molar-refractivity contribution in [3.63, 3.8) is 0 Å². The summed E-state index contributed by atoms with van der Waals surface area (Å²) in [6.45, 7) is 9.65. The predicted octanol–water partition coefficient (Wildman–Crippen LogP) is 1.36. The van der Waals surface area contributed by atoms with Crippen molar-refractivity contribution < 1.29 is 4.74 Å². The van der Waals surface area contributed by atoms with E-state index in [1.165, 1.54) is 0 Å². The zero-order valence-corrected chi connectivity index (χ0v) is 8.05. The normalized spacial score (nSPS) is 28.9. The standard InChI is InChI=1S/C9H19NO/c1-9(2,3)8-7-11-6-5-10(8)4/h8H,5-7H2,1-4H3. The molecular weight excluding hydrogens is 138 g/mol. The van der Waals surface area contributed by atoms with Gasteiger partial charge >= 0.3 is 0 Å². The van der Waals surface area contributed by atoms with Crippen LogP contribution in [0.4, 0.5) is 0 Å². The summed E-state index contributed by atoms with van der Waals surface area (Å²) in [6.07, 6.45) is 0. The predicted molar refractivity (Wildman–Crippen MR) is 46.7 cm³/mol. The molecule has 1 rings (SSSR count). The molecule has 0 radical (unpaired) electrons. The van der Waals surface area contributed by atoms with Crippen LogP contribution in [0.15, 0.2) is 0 Å². The maximum atomic E-state index is 5.44. The van der Waals surface area contributed by atoms with Crippen molar-refractivity contribution in [2.45, 2.75) is 26.8 Å². The van der Waals surface area contributed by atoms with Gasteiger partial charge in [-0.15, -0.1) is 0 Å². The fourth-order valence-corrected chi connectivity index (χ4v) is 1.60. The van der Waals surface area contributed by atoms with Crippen LogP contribution in [0.3, 0.4) is 0 Å². The number of morpholine rings is 1. The second kappa shape index (κ2) is 3.11. The van der Waals surface area contributed by atoms with Gasteiger partial charge in [0.05, 0.1) is 13.2 Å². The van der Waals surface area contributed by atoms with Crippen LogP contribution in [0.5, 0.6) is 0 Å². The van der Waals surface area contributed by atoms with Crippen molar-refractivity contribution in [1.82, 2.24) is 4.90 Å². The van der Waals surface area contributed by atoms with Gasteiger partial charge in [0, 0.05) is 12.6 Å². The molecule has 1 saturated heterocycles. The molecule has 66 valence electrons. The van der Waals surface area contributed by atoms with Crippen molar-refractivity contribution >= 4 is 0 Å². The number of ether oxygens (including phenoxy) is 1. The molecule has 1 atom stereocenters. The van der Waals surface area contributed by atoms with E-state index in [1.54, 1.807) is 0 Å². The molecule has 2 nitrogen and oxygen atoms in total. The van der Waals surface area contributed by atoms with Gasteiger partial charge in [-0.2, -0.15) is 0 Å². The van der Waals surface area contributed by atoms with Crippen LogP contribution < -0.4 is 0 Å². The van der Waals surface area contributed by atoms with Crippen molar-refractivity contribution in [2.75, 3.05) is 26.8 Å². The van der Waals surface area contributed by atoms with Crippen LogP contribution in [0, 0.1) is 5.41 Å². The largest absolute Gasteiger partial charge is 0.378 e. The summed E-state index contributed by atoms with van der Waals surface area (Å²) in [6, 6.07) is 0.580. The summed E-state index contributed by atoms with van der Waals surface area (Å²) in [5.41, 5.74) is 0.342. The third-order valence-corrected chi connectivity index (χ3v) is 2.40. The highest BCUT2D eigenvalue weighted by Gasteiger charge is 2.30. The zero-order chi connectivity index (χ0) is 8.48. The van der Waals surface area contributed by atoms with Crippen molar-refractivity contribution in [3.05, 3.63) is 0 Å². The van der Waals surface area contributed by atoms with E-state index in [0.717, 1.165) is 19.8 Å². The molecule has 0 aromatic rings.